The van der Waals surface area contributed by atoms with Crippen LogP contribution in [0.4, 0.5) is 5.69 Å². The zero-order valence-corrected chi connectivity index (χ0v) is 17.4. The number of imidazole rings is 1. The van der Waals surface area contributed by atoms with E-state index >= 15 is 0 Å². The van der Waals surface area contributed by atoms with Gasteiger partial charge in [-0.3, -0.25) is 0 Å². The van der Waals surface area contributed by atoms with Gasteiger partial charge in [0.2, 0.25) is 0 Å². The Morgan fingerprint density at radius 2 is 1.89 bits per heavy atom. The maximum atomic E-state index is 6.60. The third kappa shape index (κ3) is 3.19. The van der Waals surface area contributed by atoms with E-state index in [9.17, 15) is 0 Å². The van der Waals surface area contributed by atoms with E-state index in [-0.39, 0.29) is 6.10 Å². The van der Waals surface area contributed by atoms with Crippen LogP contribution in [0.5, 0.6) is 0 Å². The Morgan fingerprint density at radius 3 is 2.59 bits per heavy atom. The van der Waals surface area contributed by atoms with Crippen molar-refractivity contribution in [1.82, 2.24) is 9.55 Å². The van der Waals surface area contributed by atoms with Gasteiger partial charge >= 0.3 is 0 Å². The lowest BCUT2D eigenvalue weighted by Gasteiger charge is -2.28. The number of hydrogen-bond donors (Lipinski definition) is 0. The highest BCUT2D eigenvalue weighted by atomic mass is 35.5. The van der Waals surface area contributed by atoms with E-state index in [1.165, 1.54) is 0 Å². The first-order valence-electron chi connectivity index (χ1n) is 9.05. The van der Waals surface area contributed by atoms with Gasteiger partial charge in [-0.25, -0.2) is 4.98 Å². The highest BCUT2D eigenvalue weighted by molar-refractivity contribution is 6.35. The van der Waals surface area contributed by atoms with Crippen molar-refractivity contribution in [3.63, 3.8) is 0 Å². The van der Waals surface area contributed by atoms with E-state index in [1.54, 1.807) is 6.07 Å². The minimum Gasteiger partial charge on any atom is -0.369 e. The molecule has 0 bridgehead atoms. The molecule has 7 heteroatoms. The molecular formula is C20H20Cl3N3O. The molecule has 1 aliphatic rings. The number of ether oxygens (including phenoxy) is 1. The predicted octanol–water partition coefficient (Wildman–Crippen LogP) is 5.96. The van der Waals surface area contributed by atoms with Crippen LogP contribution in [0, 0.1) is 0 Å². The molecule has 142 valence electrons. The molecule has 0 radical (unpaired) electrons. The minimum atomic E-state index is -0.334. The summed E-state index contributed by atoms with van der Waals surface area (Å²) in [5.41, 5.74) is 3.87. The number of aromatic nitrogens is 2. The summed E-state index contributed by atoms with van der Waals surface area (Å²) in [5, 5.41) is 1.92. The molecule has 1 aromatic heterocycles. The molecule has 0 saturated carbocycles. The average molecular weight is 425 g/mol. The van der Waals surface area contributed by atoms with Crippen LogP contribution in [0.2, 0.25) is 15.1 Å². The molecule has 0 N–H and O–H groups in total. The molecule has 0 spiro atoms. The monoisotopic (exact) mass is 423 g/mol. The van der Waals surface area contributed by atoms with Crippen molar-refractivity contribution in [2.45, 2.75) is 26.5 Å². The van der Waals surface area contributed by atoms with Gasteiger partial charge in [-0.2, -0.15) is 0 Å². The zero-order valence-electron chi connectivity index (χ0n) is 15.2. The number of nitrogens with zero attached hydrogens (tertiary/aromatic N) is 3. The van der Waals surface area contributed by atoms with Crippen LogP contribution in [0.1, 0.15) is 31.3 Å². The van der Waals surface area contributed by atoms with Crippen molar-refractivity contribution >= 4 is 51.5 Å². The quantitative estimate of drug-likeness (QED) is 0.517. The molecule has 2 heterocycles. The molecule has 4 rings (SSSR count). The van der Waals surface area contributed by atoms with Gasteiger partial charge in [0.15, 0.2) is 0 Å². The molecule has 0 fully saturated rings. The Kier molecular flexibility index (Phi) is 5.26. The predicted molar refractivity (Wildman–Crippen MR) is 113 cm³/mol. The maximum absolute atomic E-state index is 6.60. The van der Waals surface area contributed by atoms with E-state index in [2.05, 4.69) is 23.3 Å². The van der Waals surface area contributed by atoms with Crippen LogP contribution in [0.3, 0.4) is 0 Å². The van der Waals surface area contributed by atoms with Crippen molar-refractivity contribution in [1.29, 1.82) is 0 Å². The fourth-order valence-electron chi connectivity index (χ4n) is 3.75. The largest absolute Gasteiger partial charge is 0.369 e. The summed E-state index contributed by atoms with van der Waals surface area (Å²) in [6.45, 7) is 7.31. The van der Waals surface area contributed by atoms with Gasteiger partial charge in [-0.15, -0.1) is 0 Å². The molecule has 4 nitrogen and oxygen atoms in total. The van der Waals surface area contributed by atoms with Gasteiger partial charge in [-0.1, -0.05) is 40.9 Å². The summed E-state index contributed by atoms with van der Waals surface area (Å²) >= 11 is 19.1. The molecule has 0 aliphatic carbocycles. The first-order valence-corrected chi connectivity index (χ1v) is 10.2. The summed E-state index contributed by atoms with van der Waals surface area (Å²) < 4.78 is 8.28. The van der Waals surface area contributed by atoms with Crippen molar-refractivity contribution in [2.24, 2.45) is 0 Å². The Hall–Kier alpha value is -1.46. The Morgan fingerprint density at radius 1 is 1.11 bits per heavy atom. The Bertz CT molecular complexity index is 998. The minimum absolute atomic E-state index is 0.334. The highest BCUT2D eigenvalue weighted by Gasteiger charge is 2.30. The normalized spacial score (nSPS) is 16.6. The lowest BCUT2D eigenvalue weighted by molar-refractivity contribution is 0.0443. The summed E-state index contributed by atoms with van der Waals surface area (Å²) in [6.07, 6.45) is -0.334. The van der Waals surface area contributed by atoms with Crippen molar-refractivity contribution in [3.8, 4) is 0 Å². The van der Waals surface area contributed by atoms with Gasteiger partial charge in [0, 0.05) is 35.2 Å². The fraction of sp³-hybridized carbons (Fsp3) is 0.350. The third-order valence-electron chi connectivity index (χ3n) is 5.02. The number of anilines is 1. The summed E-state index contributed by atoms with van der Waals surface area (Å²) in [5.74, 6) is 0.844. The van der Waals surface area contributed by atoms with Gasteiger partial charge < -0.3 is 14.2 Å². The summed E-state index contributed by atoms with van der Waals surface area (Å²) in [7, 11) is 0. The maximum Gasteiger partial charge on any atom is 0.143 e. The topological polar surface area (TPSA) is 30.3 Å². The number of fused-ring (bicyclic) bond motifs is 3. The number of benzene rings is 2. The lowest BCUT2D eigenvalue weighted by Crippen LogP contribution is -2.25. The second kappa shape index (κ2) is 7.51. The molecule has 27 heavy (non-hydrogen) atoms. The van der Waals surface area contributed by atoms with E-state index in [4.69, 9.17) is 44.5 Å². The van der Waals surface area contributed by atoms with Crippen LogP contribution in [0.15, 0.2) is 30.3 Å². The summed E-state index contributed by atoms with van der Waals surface area (Å²) in [6, 6.07) is 9.36. The summed E-state index contributed by atoms with van der Waals surface area (Å²) in [4.78, 5) is 7.15. The second-order valence-electron chi connectivity index (χ2n) is 6.47. The standard InChI is InChI=1S/C20H20Cl3N3O/c1-3-25(4-2)17-14(22)7-8-16-18(17)26-9-10-27-19(20(26)24-16)13-6-5-12(21)11-15(13)23/h5-8,11,19H,3-4,9-10H2,1-2H3. The van der Waals surface area contributed by atoms with Gasteiger partial charge in [0.05, 0.1) is 28.4 Å². The zero-order chi connectivity index (χ0) is 19.1. The van der Waals surface area contributed by atoms with Crippen molar-refractivity contribution in [2.75, 3.05) is 24.6 Å². The molecule has 0 amide bonds. The molecule has 3 aromatic rings. The molecule has 1 unspecified atom stereocenters. The van der Waals surface area contributed by atoms with Crippen LogP contribution in [0.25, 0.3) is 11.0 Å². The van der Waals surface area contributed by atoms with Crippen LogP contribution in [-0.2, 0) is 11.3 Å². The smallest absolute Gasteiger partial charge is 0.143 e. The van der Waals surface area contributed by atoms with Crippen molar-refractivity contribution < 1.29 is 4.74 Å². The third-order valence-corrected chi connectivity index (χ3v) is 5.89. The van der Waals surface area contributed by atoms with Gasteiger partial charge in [0.1, 0.15) is 11.9 Å². The van der Waals surface area contributed by atoms with E-state index in [1.807, 2.05) is 24.3 Å². The molecule has 0 saturated heterocycles. The van der Waals surface area contributed by atoms with Crippen molar-refractivity contribution in [3.05, 3.63) is 56.8 Å². The molecule has 2 aromatic carbocycles. The lowest BCUT2D eigenvalue weighted by atomic mass is 10.1. The molecule has 1 atom stereocenters. The van der Waals surface area contributed by atoms with E-state index in [0.29, 0.717) is 16.7 Å². The first-order chi connectivity index (χ1) is 13.0. The van der Waals surface area contributed by atoms with Gasteiger partial charge in [-0.05, 0) is 38.1 Å². The number of hydrogen-bond acceptors (Lipinski definition) is 3. The number of rotatable bonds is 4. The Balaban J connectivity index is 1.93. The molecular weight excluding hydrogens is 405 g/mol. The van der Waals surface area contributed by atoms with Gasteiger partial charge in [0.25, 0.3) is 0 Å². The SMILES string of the molecule is CCN(CC)c1c(Cl)ccc2nc3n(c12)CCOC3c1ccc(Cl)cc1Cl. The average Bonchev–Trinajstić information content (AvgIpc) is 3.03. The highest BCUT2D eigenvalue weighted by Crippen LogP contribution is 2.40. The number of halogens is 3. The molecule has 1 aliphatic heterocycles. The van der Waals surface area contributed by atoms with Crippen LogP contribution < -0.4 is 4.90 Å². The van der Waals surface area contributed by atoms with E-state index in [0.717, 1.165) is 52.8 Å². The fourth-order valence-corrected chi connectivity index (χ4v) is 4.53. The van der Waals surface area contributed by atoms with Crippen LogP contribution >= 0.6 is 34.8 Å². The van der Waals surface area contributed by atoms with Crippen LogP contribution in [-0.4, -0.2) is 29.2 Å². The second-order valence-corrected chi connectivity index (χ2v) is 7.73. The first kappa shape index (κ1) is 18.9. The van der Waals surface area contributed by atoms with E-state index < -0.39 is 0 Å². The Labute approximate surface area is 173 Å².